The van der Waals surface area contributed by atoms with Crippen LogP contribution in [0.1, 0.15) is 11.3 Å². The molecule has 0 atom stereocenters. The summed E-state index contributed by atoms with van der Waals surface area (Å²) in [6.45, 7) is 1.82. The van der Waals surface area contributed by atoms with E-state index >= 15 is 0 Å². The molecule has 0 saturated carbocycles. The fraction of sp³-hybridized carbons (Fsp3) is 0.0769. The van der Waals surface area contributed by atoms with Gasteiger partial charge in [0.2, 0.25) is 0 Å². The van der Waals surface area contributed by atoms with Crippen molar-refractivity contribution in [2.75, 3.05) is 0 Å². The first kappa shape index (κ1) is 13.4. The van der Waals surface area contributed by atoms with E-state index in [1.807, 2.05) is 6.92 Å². The summed E-state index contributed by atoms with van der Waals surface area (Å²) >= 11 is 1.38. The van der Waals surface area contributed by atoms with Gasteiger partial charge in [-0.3, -0.25) is 0 Å². The molecule has 0 aliphatic heterocycles. The standard InChI is InChI=1S/C13H12FN3OS/c1-8-6-9(13(15)17-18)7-12(16-8)19-11-4-2-10(14)3-5-11/h2-7,18H,1H3,(H2,15,17). The third-order valence-electron chi connectivity index (χ3n) is 2.37. The average molecular weight is 277 g/mol. The van der Waals surface area contributed by atoms with Crippen molar-refractivity contribution < 1.29 is 9.60 Å². The average Bonchev–Trinajstić information content (AvgIpc) is 2.40. The minimum atomic E-state index is -0.279. The van der Waals surface area contributed by atoms with Crippen molar-refractivity contribution >= 4 is 17.6 Å². The molecule has 19 heavy (non-hydrogen) atoms. The monoisotopic (exact) mass is 277 g/mol. The van der Waals surface area contributed by atoms with E-state index in [2.05, 4.69) is 10.1 Å². The van der Waals surface area contributed by atoms with Gasteiger partial charge in [-0.1, -0.05) is 16.9 Å². The first-order valence-electron chi connectivity index (χ1n) is 5.48. The van der Waals surface area contributed by atoms with Crippen LogP contribution in [0.3, 0.4) is 0 Å². The van der Waals surface area contributed by atoms with E-state index in [1.54, 1.807) is 24.3 Å². The fourth-order valence-electron chi connectivity index (χ4n) is 1.52. The molecule has 0 aliphatic carbocycles. The van der Waals surface area contributed by atoms with Crippen molar-refractivity contribution in [1.29, 1.82) is 0 Å². The number of aromatic nitrogens is 1. The van der Waals surface area contributed by atoms with Gasteiger partial charge in [-0.2, -0.15) is 0 Å². The molecule has 2 aromatic rings. The van der Waals surface area contributed by atoms with Gasteiger partial charge in [-0.25, -0.2) is 9.37 Å². The molecule has 0 bridgehead atoms. The highest BCUT2D eigenvalue weighted by atomic mass is 32.2. The van der Waals surface area contributed by atoms with Crippen LogP contribution in [0.4, 0.5) is 4.39 Å². The summed E-state index contributed by atoms with van der Waals surface area (Å²) in [5.41, 5.74) is 6.91. The van der Waals surface area contributed by atoms with Crippen LogP contribution >= 0.6 is 11.8 Å². The Labute approximate surface area is 114 Å². The second-order valence-corrected chi connectivity index (χ2v) is 4.97. The minimum absolute atomic E-state index is 0.0338. The molecule has 4 nitrogen and oxygen atoms in total. The van der Waals surface area contributed by atoms with Crippen LogP contribution in [0.15, 0.2) is 51.5 Å². The third-order valence-corrected chi connectivity index (χ3v) is 3.30. The number of hydrogen-bond acceptors (Lipinski definition) is 4. The Kier molecular flexibility index (Phi) is 4.01. The lowest BCUT2D eigenvalue weighted by Gasteiger charge is -2.05. The fourth-order valence-corrected chi connectivity index (χ4v) is 2.41. The second-order valence-electron chi connectivity index (χ2n) is 3.88. The van der Waals surface area contributed by atoms with E-state index in [1.165, 1.54) is 23.9 Å². The van der Waals surface area contributed by atoms with Gasteiger partial charge < -0.3 is 10.9 Å². The Morgan fingerprint density at radius 1 is 1.32 bits per heavy atom. The number of benzene rings is 1. The van der Waals surface area contributed by atoms with Crippen LogP contribution in [0.25, 0.3) is 0 Å². The maximum Gasteiger partial charge on any atom is 0.170 e. The Hall–Kier alpha value is -2.08. The van der Waals surface area contributed by atoms with Crippen molar-refractivity contribution in [1.82, 2.24) is 4.98 Å². The van der Waals surface area contributed by atoms with Gasteiger partial charge in [0, 0.05) is 16.2 Å². The summed E-state index contributed by atoms with van der Waals surface area (Å²) in [5, 5.41) is 12.4. The van der Waals surface area contributed by atoms with E-state index in [0.29, 0.717) is 10.6 Å². The van der Waals surface area contributed by atoms with Crippen molar-refractivity contribution in [2.24, 2.45) is 10.9 Å². The normalized spacial score (nSPS) is 11.6. The zero-order valence-corrected chi connectivity index (χ0v) is 11.0. The molecular weight excluding hydrogens is 265 g/mol. The highest BCUT2D eigenvalue weighted by molar-refractivity contribution is 7.99. The van der Waals surface area contributed by atoms with Crippen molar-refractivity contribution in [3.63, 3.8) is 0 Å². The molecular formula is C13H12FN3OS. The summed E-state index contributed by atoms with van der Waals surface area (Å²) in [5.74, 6) is -0.245. The van der Waals surface area contributed by atoms with Crippen LogP contribution < -0.4 is 5.73 Å². The van der Waals surface area contributed by atoms with Gasteiger partial charge in [-0.05, 0) is 43.3 Å². The van der Waals surface area contributed by atoms with Crippen LogP contribution in [0, 0.1) is 12.7 Å². The highest BCUT2D eigenvalue weighted by Crippen LogP contribution is 2.27. The number of rotatable bonds is 3. The second kappa shape index (κ2) is 5.71. The van der Waals surface area contributed by atoms with Gasteiger partial charge in [0.1, 0.15) is 10.8 Å². The molecule has 0 unspecified atom stereocenters. The van der Waals surface area contributed by atoms with Gasteiger partial charge in [0.25, 0.3) is 0 Å². The van der Waals surface area contributed by atoms with Gasteiger partial charge in [0.05, 0.1) is 0 Å². The lowest BCUT2D eigenvalue weighted by molar-refractivity contribution is 0.318. The molecule has 0 saturated heterocycles. The summed E-state index contributed by atoms with van der Waals surface area (Å²) in [7, 11) is 0. The largest absolute Gasteiger partial charge is 0.409 e. The maximum atomic E-state index is 12.8. The highest BCUT2D eigenvalue weighted by Gasteiger charge is 2.06. The molecule has 0 radical (unpaired) electrons. The number of hydrogen-bond donors (Lipinski definition) is 2. The molecule has 1 heterocycles. The smallest absolute Gasteiger partial charge is 0.170 e. The number of halogens is 1. The number of pyridine rings is 1. The van der Waals surface area contributed by atoms with Gasteiger partial charge >= 0.3 is 0 Å². The quantitative estimate of drug-likeness (QED) is 0.391. The molecule has 6 heteroatoms. The Balaban J connectivity index is 2.30. The van der Waals surface area contributed by atoms with Crippen LogP contribution in [0.5, 0.6) is 0 Å². The minimum Gasteiger partial charge on any atom is -0.409 e. The van der Waals surface area contributed by atoms with E-state index < -0.39 is 0 Å². The van der Waals surface area contributed by atoms with Crippen molar-refractivity contribution in [2.45, 2.75) is 16.8 Å². The third kappa shape index (κ3) is 3.45. The summed E-state index contributed by atoms with van der Waals surface area (Å²) < 4.78 is 12.8. The SMILES string of the molecule is Cc1cc(/C(N)=N/O)cc(Sc2ccc(F)cc2)n1. The number of aryl methyl sites for hydroxylation is 1. The lowest BCUT2D eigenvalue weighted by Crippen LogP contribution is -2.13. The van der Waals surface area contributed by atoms with Crippen LogP contribution in [-0.4, -0.2) is 16.0 Å². The Bertz CT molecular complexity index is 614. The number of nitrogens with zero attached hydrogens (tertiary/aromatic N) is 2. The predicted octanol–water partition coefficient (Wildman–Crippen LogP) is 2.77. The summed E-state index contributed by atoms with van der Waals surface area (Å²) in [4.78, 5) is 5.21. The van der Waals surface area contributed by atoms with E-state index in [9.17, 15) is 4.39 Å². The Morgan fingerprint density at radius 3 is 2.63 bits per heavy atom. The number of nitrogens with two attached hydrogens (primary N) is 1. The summed E-state index contributed by atoms with van der Waals surface area (Å²) in [6, 6.07) is 9.57. The molecule has 0 spiro atoms. The summed E-state index contributed by atoms with van der Waals surface area (Å²) in [6.07, 6.45) is 0. The molecule has 3 N–H and O–H groups in total. The van der Waals surface area contributed by atoms with E-state index in [4.69, 9.17) is 10.9 Å². The van der Waals surface area contributed by atoms with Gasteiger partial charge in [-0.15, -0.1) is 0 Å². The Morgan fingerprint density at radius 2 is 2.00 bits per heavy atom. The zero-order valence-electron chi connectivity index (χ0n) is 10.2. The maximum absolute atomic E-state index is 12.8. The molecule has 0 amide bonds. The lowest BCUT2D eigenvalue weighted by atomic mass is 10.2. The zero-order chi connectivity index (χ0) is 13.8. The van der Waals surface area contributed by atoms with Crippen molar-refractivity contribution in [3.8, 4) is 0 Å². The molecule has 1 aromatic carbocycles. The van der Waals surface area contributed by atoms with E-state index in [0.717, 1.165) is 10.6 Å². The first-order chi connectivity index (χ1) is 9.08. The predicted molar refractivity (Wildman–Crippen MR) is 72.0 cm³/mol. The first-order valence-corrected chi connectivity index (χ1v) is 6.30. The van der Waals surface area contributed by atoms with Crippen LogP contribution in [0.2, 0.25) is 0 Å². The van der Waals surface area contributed by atoms with Gasteiger partial charge in [0.15, 0.2) is 5.84 Å². The topological polar surface area (TPSA) is 71.5 Å². The molecule has 98 valence electrons. The van der Waals surface area contributed by atoms with E-state index in [-0.39, 0.29) is 11.7 Å². The number of oxime groups is 1. The van der Waals surface area contributed by atoms with Crippen molar-refractivity contribution in [3.05, 3.63) is 53.5 Å². The molecule has 0 fully saturated rings. The van der Waals surface area contributed by atoms with Crippen LogP contribution in [-0.2, 0) is 0 Å². The number of amidine groups is 1. The molecule has 0 aliphatic rings. The molecule has 1 aromatic heterocycles. The molecule has 2 rings (SSSR count).